The van der Waals surface area contributed by atoms with E-state index >= 15 is 0 Å². The van der Waals surface area contributed by atoms with Gasteiger partial charge in [-0.25, -0.2) is 0 Å². The van der Waals surface area contributed by atoms with Crippen LogP contribution in [0.15, 0.2) is 60.6 Å². The van der Waals surface area contributed by atoms with Gasteiger partial charge in [0.15, 0.2) is 5.82 Å². The molecule has 5 heteroatoms. The van der Waals surface area contributed by atoms with E-state index in [9.17, 15) is 10.1 Å². The molecule has 2 N–H and O–H groups in total. The molecule has 0 aliphatic rings. The lowest BCUT2D eigenvalue weighted by Gasteiger charge is -2.12. The molecule has 120 valence electrons. The van der Waals surface area contributed by atoms with E-state index in [4.69, 9.17) is 0 Å². The van der Waals surface area contributed by atoms with E-state index in [-0.39, 0.29) is 0 Å². The normalized spacial score (nSPS) is 10.0. The fourth-order valence-corrected chi connectivity index (χ4v) is 2.07. The third-order valence-electron chi connectivity index (χ3n) is 3.44. The average molecular weight is 311 g/mol. The molecule has 0 radical (unpaired) electrons. The summed E-state index contributed by atoms with van der Waals surface area (Å²) in [5.41, 5.74) is 4.52. The second-order valence-corrected chi connectivity index (χ2v) is 5.51. The summed E-state index contributed by atoms with van der Waals surface area (Å²) in [4.78, 5) is 10.3. The molecule has 0 aliphatic carbocycles. The Morgan fingerprint density at radius 3 is 1.65 bits per heavy atom. The van der Waals surface area contributed by atoms with Gasteiger partial charge < -0.3 is 10.6 Å². The number of nitro groups is 1. The fourth-order valence-electron chi connectivity index (χ4n) is 2.07. The van der Waals surface area contributed by atoms with Gasteiger partial charge >= 0.3 is 0 Å². The summed E-state index contributed by atoms with van der Waals surface area (Å²) in [5, 5.41) is 16.9. The lowest BCUT2D eigenvalue weighted by molar-refractivity contribution is -0.404. The van der Waals surface area contributed by atoms with Gasteiger partial charge in [0.1, 0.15) is 0 Å². The molecule has 5 nitrogen and oxygen atoms in total. The highest BCUT2D eigenvalue weighted by Gasteiger charge is 2.03. The van der Waals surface area contributed by atoms with Crippen molar-refractivity contribution in [1.29, 1.82) is 0 Å². The van der Waals surface area contributed by atoms with Crippen molar-refractivity contribution >= 4 is 0 Å². The van der Waals surface area contributed by atoms with Crippen molar-refractivity contribution in [3.63, 3.8) is 0 Å². The van der Waals surface area contributed by atoms with Gasteiger partial charge in [-0.3, -0.25) is 10.1 Å². The van der Waals surface area contributed by atoms with Crippen molar-refractivity contribution in [3.8, 4) is 0 Å². The minimum absolute atomic E-state index is 0.399. The minimum atomic E-state index is -0.459. The van der Waals surface area contributed by atoms with Crippen molar-refractivity contribution in [1.82, 2.24) is 10.6 Å². The highest BCUT2D eigenvalue weighted by Crippen LogP contribution is 2.05. The molecule has 0 aromatic heterocycles. The van der Waals surface area contributed by atoms with Crippen LogP contribution < -0.4 is 10.6 Å². The molecule has 0 atom stereocenters. The van der Waals surface area contributed by atoms with Gasteiger partial charge in [-0.2, -0.15) is 0 Å². The second-order valence-electron chi connectivity index (χ2n) is 5.51. The molecule has 0 unspecified atom stereocenters. The summed E-state index contributed by atoms with van der Waals surface area (Å²) < 4.78 is 0. The van der Waals surface area contributed by atoms with E-state index in [0.29, 0.717) is 18.9 Å². The van der Waals surface area contributed by atoms with Gasteiger partial charge in [0.05, 0.1) is 4.92 Å². The number of nitrogens with zero attached hydrogens (tertiary/aromatic N) is 1. The van der Waals surface area contributed by atoms with Crippen LogP contribution in [0.3, 0.4) is 0 Å². The summed E-state index contributed by atoms with van der Waals surface area (Å²) in [7, 11) is 0. The summed E-state index contributed by atoms with van der Waals surface area (Å²) >= 11 is 0. The van der Waals surface area contributed by atoms with Crippen LogP contribution in [0, 0.1) is 24.0 Å². The van der Waals surface area contributed by atoms with Crippen LogP contribution in [-0.4, -0.2) is 4.92 Å². The molecule has 0 bridgehead atoms. The Morgan fingerprint density at radius 2 is 1.30 bits per heavy atom. The Kier molecular flexibility index (Phi) is 5.74. The SMILES string of the molecule is Cc1ccc(CNC(=C[N+](=O)[O-])NCc2ccc(C)cc2)cc1. The van der Waals surface area contributed by atoms with Gasteiger partial charge in [-0.1, -0.05) is 59.7 Å². The molecule has 2 aromatic carbocycles. The van der Waals surface area contributed by atoms with Gasteiger partial charge in [0.2, 0.25) is 0 Å². The lowest BCUT2D eigenvalue weighted by Crippen LogP contribution is -2.26. The van der Waals surface area contributed by atoms with Crippen LogP contribution in [0.25, 0.3) is 0 Å². The molecule has 0 heterocycles. The highest BCUT2D eigenvalue weighted by molar-refractivity contribution is 5.23. The van der Waals surface area contributed by atoms with E-state index in [2.05, 4.69) is 10.6 Å². The quantitative estimate of drug-likeness (QED) is 0.608. The molecule has 0 aliphatic heterocycles. The van der Waals surface area contributed by atoms with Gasteiger partial charge in [-0.15, -0.1) is 0 Å². The zero-order valence-corrected chi connectivity index (χ0v) is 13.4. The van der Waals surface area contributed by atoms with Crippen molar-refractivity contribution < 1.29 is 4.92 Å². The number of benzene rings is 2. The Labute approximate surface area is 136 Å². The zero-order valence-electron chi connectivity index (χ0n) is 13.4. The van der Waals surface area contributed by atoms with Crippen molar-refractivity contribution in [2.75, 3.05) is 0 Å². The Morgan fingerprint density at radius 1 is 0.913 bits per heavy atom. The van der Waals surface area contributed by atoms with Crippen LogP contribution in [-0.2, 0) is 13.1 Å². The minimum Gasteiger partial charge on any atom is -0.363 e. The number of hydrogen-bond donors (Lipinski definition) is 2. The first-order valence-electron chi connectivity index (χ1n) is 7.47. The van der Waals surface area contributed by atoms with E-state index in [1.165, 1.54) is 11.1 Å². The summed E-state index contributed by atoms with van der Waals surface area (Å²) in [6, 6.07) is 16.1. The maximum absolute atomic E-state index is 10.8. The third kappa shape index (κ3) is 5.82. The molecule has 2 aromatic rings. The number of rotatable bonds is 7. The maximum atomic E-state index is 10.8. The van der Waals surface area contributed by atoms with Crippen molar-refractivity contribution in [3.05, 3.63) is 92.9 Å². The maximum Gasteiger partial charge on any atom is 0.274 e. The standard InChI is InChI=1S/C18H21N3O2/c1-14-3-7-16(8-4-14)11-19-18(13-21(22)23)20-12-17-9-5-15(2)6-10-17/h3-10,13,19-20H,11-12H2,1-2H3. The first-order chi connectivity index (χ1) is 11.0. The highest BCUT2D eigenvalue weighted by atomic mass is 16.6. The average Bonchev–Trinajstić information content (AvgIpc) is 2.52. The molecular formula is C18H21N3O2. The smallest absolute Gasteiger partial charge is 0.274 e. The van der Waals surface area contributed by atoms with E-state index in [1.54, 1.807) is 0 Å². The van der Waals surface area contributed by atoms with Crippen molar-refractivity contribution in [2.24, 2.45) is 0 Å². The molecule has 0 fully saturated rings. The van der Waals surface area contributed by atoms with E-state index in [0.717, 1.165) is 17.3 Å². The number of hydrogen-bond acceptors (Lipinski definition) is 4. The van der Waals surface area contributed by atoms with Gasteiger partial charge in [0.25, 0.3) is 6.20 Å². The monoisotopic (exact) mass is 311 g/mol. The van der Waals surface area contributed by atoms with Crippen LogP contribution >= 0.6 is 0 Å². The second kappa shape index (κ2) is 7.98. The molecule has 2 rings (SSSR count). The molecular weight excluding hydrogens is 290 g/mol. The van der Waals surface area contributed by atoms with Crippen molar-refractivity contribution in [2.45, 2.75) is 26.9 Å². The number of aryl methyl sites for hydroxylation is 2. The Hall–Kier alpha value is -2.82. The van der Waals surface area contributed by atoms with Gasteiger partial charge in [-0.05, 0) is 25.0 Å². The fraction of sp³-hybridized carbons (Fsp3) is 0.222. The summed E-state index contributed by atoms with van der Waals surface area (Å²) in [6.07, 6.45) is 0.961. The van der Waals surface area contributed by atoms with E-state index in [1.807, 2.05) is 62.4 Å². The predicted molar refractivity (Wildman–Crippen MR) is 91.1 cm³/mol. The Bertz CT molecular complexity index is 625. The number of nitrogens with one attached hydrogen (secondary N) is 2. The summed E-state index contributed by atoms with van der Waals surface area (Å²) in [5.74, 6) is 0.399. The Balaban J connectivity index is 1.95. The molecule has 0 amide bonds. The third-order valence-corrected chi connectivity index (χ3v) is 3.44. The summed E-state index contributed by atoms with van der Waals surface area (Å²) in [6.45, 7) is 5.11. The van der Waals surface area contributed by atoms with Crippen LogP contribution in [0.2, 0.25) is 0 Å². The molecule has 0 saturated heterocycles. The first-order valence-corrected chi connectivity index (χ1v) is 7.47. The molecule has 0 spiro atoms. The van der Waals surface area contributed by atoms with E-state index < -0.39 is 4.92 Å². The van der Waals surface area contributed by atoms with Crippen LogP contribution in [0.5, 0.6) is 0 Å². The topological polar surface area (TPSA) is 67.2 Å². The molecule has 0 saturated carbocycles. The lowest BCUT2D eigenvalue weighted by atomic mass is 10.1. The predicted octanol–water partition coefficient (Wildman–Crippen LogP) is 3.26. The zero-order chi connectivity index (χ0) is 16.7. The largest absolute Gasteiger partial charge is 0.363 e. The van der Waals surface area contributed by atoms with Gasteiger partial charge in [0, 0.05) is 13.1 Å². The van der Waals surface area contributed by atoms with Crippen LogP contribution in [0.4, 0.5) is 0 Å². The van der Waals surface area contributed by atoms with Crippen LogP contribution in [0.1, 0.15) is 22.3 Å². The first kappa shape index (κ1) is 16.5. The molecule has 23 heavy (non-hydrogen) atoms.